The maximum Gasteiger partial charge on any atom is 0.257 e. The molecule has 3 amide bonds. The predicted octanol–water partition coefficient (Wildman–Crippen LogP) is 0.889. The molecule has 152 valence electrons. The van der Waals surface area contributed by atoms with E-state index < -0.39 is 11.7 Å². The summed E-state index contributed by atoms with van der Waals surface area (Å²) in [5.74, 6) is -0.307. The van der Waals surface area contributed by atoms with Crippen LogP contribution in [0.25, 0.3) is 0 Å². The van der Waals surface area contributed by atoms with Gasteiger partial charge in [0.2, 0.25) is 11.8 Å². The van der Waals surface area contributed by atoms with Crippen LogP contribution in [0.4, 0.5) is 5.69 Å². The Bertz CT molecular complexity index is 768. The third-order valence-corrected chi connectivity index (χ3v) is 5.48. The van der Waals surface area contributed by atoms with Crippen molar-refractivity contribution in [3.8, 4) is 0 Å². The number of rotatable bonds is 8. The van der Waals surface area contributed by atoms with E-state index in [9.17, 15) is 19.5 Å². The number of anilines is 1. The van der Waals surface area contributed by atoms with Crippen molar-refractivity contribution in [1.82, 2.24) is 10.2 Å². The predicted molar refractivity (Wildman–Crippen MR) is 103 cm³/mol. The number of methoxy groups -OCH3 is 1. The molecule has 8 heteroatoms. The molecule has 2 atom stereocenters. The van der Waals surface area contributed by atoms with Crippen molar-refractivity contribution in [3.63, 3.8) is 0 Å². The minimum Gasteiger partial charge on any atom is -0.394 e. The van der Waals surface area contributed by atoms with E-state index in [1.807, 2.05) is 19.1 Å². The summed E-state index contributed by atoms with van der Waals surface area (Å²) in [5.41, 5.74) is 0.472. The molecular weight excluding hydrogens is 362 g/mol. The van der Waals surface area contributed by atoms with Gasteiger partial charge in [-0.2, -0.15) is 0 Å². The molecule has 1 aromatic rings. The molecule has 0 radical (unpaired) electrons. The topological polar surface area (TPSA) is 99.2 Å². The highest BCUT2D eigenvalue weighted by atomic mass is 16.5. The van der Waals surface area contributed by atoms with Crippen molar-refractivity contribution in [1.29, 1.82) is 0 Å². The van der Waals surface area contributed by atoms with Crippen molar-refractivity contribution in [3.05, 3.63) is 29.8 Å². The number of carbonyl (C=O) groups is 3. The van der Waals surface area contributed by atoms with Gasteiger partial charge in [0, 0.05) is 26.5 Å². The lowest BCUT2D eigenvalue weighted by Gasteiger charge is -2.48. The fourth-order valence-corrected chi connectivity index (χ4v) is 4.08. The first-order valence-corrected chi connectivity index (χ1v) is 9.55. The van der Waals surface area contributed by atoms with Crippen LogP contribution in [-0.2, 0) is 14.3 Å². The van der Waals surface area contributed by atoms with Gasteiger partial charge in [-0.25, -0.2) is 0 Å². The van der Waals surface area contributed by atoms with Crippen LogP contribution in [0.15, 0.2) is 24.3 Å². The summed E-state index contributed by atoms with van der Waals surface area (Å²) >= 11 is 0. The summed E-state index contributed by atoms with van der Waals surface area (Å²) in [6.07, 6.45) is 1.64. The Kier molecular flexibility index (Phi) is 6.00. The van der Waals surface area contributed by atoms with Gasteiger partial charge in [0.25, 0.3) is 5.91 Å². The van der Waals surface area contributed by atoms with E-state index in [1.165, 1.54) is 7.11 Å². The molecule has 0 saturated carbocycles. The second-order valence-electron chi connectivity index (χ2n) is 7.43. The van der Waals surface area contributed by atoms with Crippen molar-refractivity contribution in [2.24, 2.45) is 0 Å². The molecule has 0 aromatic heterocycles. The summed E-state index contributed by atoms with van der Waals surface area (Å²) in [6, 6.07) is 6.72. The number of hydrogen-bond acceptors (Lipinski definition) is 5. The fourth-order valence-electron chi connectivity index (χ4n) is 4.08. The van der Waals surface area contributed by atoms with Gasteiger partial charge in [-0.3, -0.25) is 19.3 Å². The van der Waals surface area contributed by atoms with E-state index in [0.717, 1.165) is 0 Å². The first kappa shape index (κ1) is 20.3. The lowest BCUT2D eigenvalue weighted by atomic mass is 9.98. The van der Waals surface area contributed by atoms with Crippen molar-refractivity contribution >= 4 is 23.4 Å². The van der Waals surface area contributed by atoms with Crippen molar-refractivity contribution in [2.45, 2.75) is 44.3 Å². The quantitative estimate of drug-likeness (QED) is 0.688. The van der Waals surface area contributed by atoms with Crippen molar-refractivity contribution < 1.29 is 24.2 Å². The lowest BCUT2D eigenvalue weighted by Crippen LogP contribution is -2.62. The lowest BCUT2D eigenvalue weighted by molar-refractivity contribution is -0.123. The Morgan fingerprint density at radius 1 is 1.36 bits per heavy atom. The molecule has 2 aliphatic heterocycles. The Labute approximate surface area is 164 Å². The fraction of sp³-hybridized carbons (Fsp3) is 0.550. The third kappa shape index (κ3) is 3.62. The van der Waals surface area contributed by atoms with Gasteiger partial charge in [-0.05, 0) is 31.9 Å². The van der Waals surface area contributed by atoms with E-state index in [2.05, 4.69) is 5.32 Å². The van der Waals surface area contributed by atoms with Gasteiger partial charge in [-0.15, -0.1) is 0 Å². The average molecular weight is 389 g/mol. The third-order valence-electron chi connectivity index (χ3n) is 5.48. The average Bonchev–Trinajstić information content (AvgIpc) is 2.99. The van der Waals surface area contributed by atoms with Gasteiger partial charge < -0.3 is 20.1 Å². The molecule has 2 heterocycles. The number of carbonyl (C=O) groups excluding carboxylic acids is 3. The summed E-state index contributed by atoms with van der Waals surface area (Å²) in [7, 11) is 1.50. The molecule has 2 aliphatic rings. The summed E-state index contributed by atoms with van der Waals surface area (Å²) in [6.45, 7) is 2.32. The number of benzene rings is 1. The SMILES string of the molecule is COC[C@H](CO)NC(=O)CCCN1C(=O)c2ccccc2N2C(=O)CC[C@]12C. The van der Waals surface area contributed by atoms with Gasteiger partial charge >= 0.3 is 0 Å². The van der Waals surface area contributed by atoms with Crippen LogP contribution >= 0.6 is 0 Å². The zero-order valence-corrected chi connectivity index (χ0v) is 16.3. The summed E-state index contributed by atoms with van der Waals surface area (Å²) in [4.78, 5) is 41.2. The Hall–Kier alpha value is -2.45. The molecule has 1 aromatic carbocycles. The minimum absolute atomic E-state index is 0.00977. The molecule has 8 nitrogen and oxygen atoms in total. The Morgan fingerprint density at radius 3 is 2.82 bits per heavy atom. The van der Waals surface area contributed by atoms with Crippen LogP contribution in [0.1, 0.15) is 43.0 Å². The van der Waals surface area contributed by atoms with E-state index >= 15 is 0 Å². The Morgan fingerprint density at radius 2 is 2.11 bits per heavy atom. The first-order valence-electron chi connectivity index (χ1n) is 9.55. The first-order chi connectivity index (χ1) is 13.4. The Balaban J connectivity index is 1.69. The van der Waals surface area contributed by atoms with Crippen molar-refractivity contribution in [2.75, 3.05) is 31.8 Å². The number of hydrogen-bond donors (Lipinski definition) is 2. The maximum absolute atomic E-state index is 13.1. The number of fused-ring (bicyclic) bond motifs is 3. The second kappa shape index (κ2) is 8.28. The van der Waals surface area contributed by atoms with Gasteiger partial charge in [-0.1, -0.05) is 12.1 Å². The summed E-state index contributed by atoms with van der Waals surface area (Å²) < 4.78 is 4.95. The monoisotopic (exact) mass is 389 g/mol. The van der Waals surface area contributed by atoms with E-state index in [4.69, 9.17) is 4.74 Å². The molecule has 0 bridgehead atoms. The number of aliphatic hydroxyl groups is 1. The molecule has 0 aliphatic carbocycles. The molecule has 1 saturated heterocycles. The zero-order chi connectivity index (χ0) is 20.3. The van der Waals surface area contributed by atoms with Crippen LogP contribution < -0.4 is 10.2 Å². The molecule has 28 heavy (non-hydrogen) atoms. The molecule has 0 spiro atoms. The van der Waals surface area contributed by atoms with E-state index in [0.29, 0.717) is 37.1 Å². The number of amides is 3. The highest BCUT2D eigenvalue weighted by molar-refractivity contribution is 6.10. The van der Waals surface area contributed by atoms with Gasteiger partial charge in [0.15, 0.2) is 0 Å². The zero-order valence-electron chi connectivity index (χ0n) is 16.3. The molecule has 1 fully saturated rings. The second-order valence-corrected chi connectivity index (χ2v) is 7.43. The van der Waals surface area contributed by atoms with Crippen LogP contribution in [0.2, 0.25) is 0 Å². The van der Waals surface area contributed by atoms with Crippen LogP contribution in [0, 0.1) is 0 Å². The standard InChI is InChI=1S/C20H27N3O5/c1-20-10-9-18(26)23(20)16-7-4-3-6-15(16)19(27)22(20)11-5-8-17(25)21-14(12-24)13-28-2/h3-4,6-7,14,24H,5,8-13H2,1-2H3,(H,21,25)/t14-,20+/m0/s1. The number of aliphatic hydroxyl groups excluding tert-OH is 1. The van der Waals surface area contributed by atoms with Gasteiger partial charge in [0.05, 0.1) is 30.5 Å². The maximum atomic E-state index is 13.1. The highest BCUT2D eigenvalue weighted by Crippen LogP contribution is 2.43. The van der Waals surface area contributed by atoms with E-state index in [1.54, 1.807) is 21.9 Å². The molecular formula is C20H27N3O5. The van der Waals surface area contributed by atoms with Crippen LogP contribution in [0.3, 0.4) is 0 Å². The summed E-state index contributed by atoms with van der Waals surface area (Å²) in [5, 5.41) is 12.0. The van der Waals surface area contributed by atoms with Gasteiger partial charge in [0.1, 0.15) is 5.66 Å². The van der Waals surface area contributed by atoms with Crippen LogP contribution in [-0.4, -0.2) is 66.3 Å². The number of para-hydroxylation sites is 1. The number of nitrogens with zero attached hydrogens (tertiary/aromatic N) is 2. The molecule has 0 unspecified atom stereocenters. The number of ether oxygens (including phenoxy) is 1. The van der Waals surface area contributed by atoms with E-state index in [-0.39, 0.29) is 37.4 Å². The number of nitrogens with one attached hydrogen (secondary N) is 1. The molecule has 2 N–H and O–H groups in total. The highest BCUT2D eigenvalue weighted by Gasteiger charge is 2.52. The minimum atomic E-state index is -0.706. The largest absolute Gasteiger partial charge is 0.394 e. The molecule has 3 rings (SSSR count). The smallest absolute Gasteiger partial charge is 0.257 e. The normalized spacial score (nSPS) is 22.1. The van der Waals surface area contributed by atoms with Crippen LogP contribution in [0.5, 0.6) is 0 Å².